The SMILES string of the molecule is COc1ccccc1C(=O)NC1(CC(=O)O)CCOCC1. The number of carboxylic acid groups (broad SMARTS) is 1. The Bertz CT molecular complexity index is 523. The van der Waals surface area contributed by atoms with Gasteiger partial charge in [-0.2, -0.15) is 0 Å². The average molecular weight is 293 g/mol. The van der Waals surface area contributed by atoms with E-state index in [1.807, 2.05) is 0 Å². The summed E-state index contributed by atoms with van der Waals surface area (Å²) in [7, 11) is 1.49. The molecule has 1 aromatic rings. The Kier molecular flexibility index (Phi) is 4.80. The molecular formula is C15H19NO5. The molecule has 0 aromatic heterocycles. The molecule has 21 heavy (non-hydrogen) atoms. The topological polar surface area (TPSA) is 84.9 Å². The number of nitrogens with one attached hydrogen (secondary N) is 1. The van der Waals surface area contributed by atoms with Crippen LogP contribution in [0.15, 0.2) is 24.3 Å². The maximum atomic E-state index is 12.5. The van der Waals surface area contributed by atoms with E-state index in [-0.39, 0.29) is 12.3 Å². The van der Waals surface area contributed by atoms with Crippen LogP contribution in [0.3, 0.4) is 0 Å². The van der Waals surface area contributed by atoms with Gasteiger partial charge in [-0.15, -0.1) is 0 Å². The summed E-state index contributed by atoms with van der Waals surface area (Å²) in [5.41, 5.74) is -0.363. The molecule has 6 heteroatoms. The lowest BCUT2D eigenvalue weighted by Gasteiger charge is -2.36. The van der Waals surface area contributed by atoms with E-state index in [0.29, 0.717) is 37.4 Å². The lowest BCUT2D eigenvalue weighted by molar-refractivity contribution is -0.139. The predicted molar refractivity (Wildman–Crippen MR) is 75.5 cm³/mol. The first-order chi connectivity index (χ1) is 10.1. The molecule has 1 fully saturated rings. The molecule has 0 aliphatic carbocycles. The third-order valence-electron chi connectivity index (χ3n) is 3.67. The summed E-state index contributed by atoms with van der Waals surface area (Å²) >= 11 is 0. The Labute approximate surface area is 123 Å². The van der Waals surface area contributed by atoms with Crippen molar-refractivity contribution >= 4 is 11.9 Å². The maximum absolute atomic E-state index is 12.5. The van der Waals surface area contributed by atoms with E-state index < -0.39 is 11.5 Å². The van der Waals surface area contributed by atoms with Gasteiger partial charge in [0.25, 0.3) is 5.91 Å². The highest BCUT2D eigenvalue weighted by molar-refractivity contribution is 5.97. The van der Waals surface area contributed by atoms with Gasteiger partial charge in [-0.25, -0.2) is 0 Å². The Balaban J connectivity index is 2.19. The first-order valence-corrected chi connectivity index (χ1v) is 6.81. The molecular weight excluding hydrogens is 274 g/mol. The zero-order chi connectivity index (χ0) is 15.3. The van der Waals surface area contributed by atoms with Gasteiger partial charge in [0, 0.05) is 13.2 Å². The van der Waals surface area contributed by atoms with E-state index in [1.54, 1.807) is 24.3 Å². The van der Waals surface area contributed by atoms with Crippen molar-refractivity contribution in [1.82, 2.24) is 5.32 Å². The largest absolute Gasteiger partial charge is 0.496 e. The Morgan fingerprint density at radius 1 is 1.33 bits per heavy atom. The molecule has 0 saturated carbocycles. The van der Waals surface area contributed by atoms with Crippen molar-refractivity contribution in [3.05, 3.63) is 29.8 Å². The van der Waals surface area contributed by atoms with Crippen LogP contribution >= 0.6 is 0 Å². The fourth-order valence-corrected chi connectivity index (χ4v) is 2.54. The number of hydrogen-bond acceptors (Lipinski definition) is 4. The van der Waals surface area contributed by atoms with E-state index in [1.165, 1.54) is 7.11 Å². The highest BCUT2D eigenvalue weighted by Gasteiger charge is 2.37. The standard InChI is InChI=1S/C15H19NO5/c1-20-12-5-3-2-4-11(12)14(19)16-15(10-13(17)18)6-8-21-9-7-15/h2-5H,6-10H2,1H3,(H,16,19)(H,17,18). The summed E-state index contributed by atoms with van der Waals surface area (Å²) in [6.45, 7) is 0.888. The molecule has 1 aliphatic rings. The molecule has 1 aliphatic heterocycles. The molecule has 1 heterocycles. The molecule has 1 amide bonds. The summed E-state index contributed by atoms with van der Waals surface area (Å²) in [4.78, 5) is 23.6. The Hall–Kier alpha value is -2.08. The summed E-state index contributed by atoms with van der Waals surface area (Å²) in [5, 5.41) is 12.0. The highest BCUT2D eigenvalue weighted by Crippen LogP contribution is 2.26. The van der Waals surface area contributed by atoms with E-state index in [4.69, 9.17) is 14.6 Å². The average Bonchev–Trinajstić information content (AvgIpc) is 2.47. The molecule has 0 unspecified atom stereocenters. The van der Waals surface area contributed by atoms with E-state index in [0.717, 1.165) is 0 Å². The fraction of sp³-hybridized carbons (Fsp3) is 0.467. The number of para-hydroxylation sites is 1. The van der Waals surface area contributed by atoms with Gasteiger partial charge in [0.2, 0.25) is 0 Å². The summed E-state index contributed by atoms with van der Waals surface area (Å²) < 4.78 is 10.4. The predicted octanol–water partition coefficient (Wildman–Crippen LogP) is 1.45. The molecule has 0 radical (unpaired) electrons. The van der Waals surface area contributed by atoms with Crippen LogP contribution in [0.5, 0.6) is 5.75 Å². The third-order valence-corrected chi connectivity index (χ3v) is 3.67. The van der Waals surface area contributed by atoms with Crippen molar-refractivity contribution < 1.29 is 24.2 Å². The molecule has 1 aromatic carbocycles. The van der Waals surface area contributed by atoms with Crippen LogP contribution in [-0.2, 0) is 9.53 Å². The molecule has 0 atom stereocenters. The van der Waals surface area contributed by atoms with Crippen molar-refractivity contribution in [3.63, 3.8) is 0 Å². The minimum absolute atomic E-state index is 0.114. The van der Waals surface area contributed by atoms with Crippen LogP contribution in [0.2, 0.25) is 0 Å². The van der Waals surface area contributed by atoms with Crippen LogP contribution in [0.25, 0.3) is 0 Å². The first-order valence-electron chi connectivity index (χ1n) is 6.81. The third kappa shape index (κ3) is 3.72. The molecule has 2 N–H and O–H groups in total. The molecule has 1 saturated heterocycles. The van der Waals surface area contributed by atoms with Crippen molar-refractivity contribution in [3.8, 4) is 5.75 Å². The Morgan fingerprint density at radius 2 is 2.00 bits per heavy atom. The van der Waals surface area contributed by atoms with E-state index in [9.17, 15) is 9.59 Å². The monoisotopic (exact) mass is 293 g/mol. The van der Waals surface area contributed by atoms with Gasteiger partial charge in [-0.1, -0.05) is 12.1 Å². The number of carbonyl (C=O) groups excluding carboxylic acids is 1. The first kappa shape index (κ1) is 15.3. The molecule has 114 valence electrons. The highest BCUT2D eigenvalue weighted by atomic mass is 16.5. The van der Waals surface area contributed by atoms with Gasteiger partial charge < -0.3 is 19.9 Å². The lowest BCUT2D eigenvalue weighted by atomic mass is 9.86. The van der Waals surface area contributed by atoms with Crippen LogP contribution in [-0.4, -0.2) is 42.8 Å². The van der Waals surface area contributed by atoms with Gasteiger partial charge in [0.1, 0.15) is 5.75 Å². The van der Waals surface area contributed by atoms with Crippen molar-refractivity contribution in [2.75, 3.05) is 20.3 Å². The fourth-order valence-electron chi connectivity index (χ4n) is 2.54. The number of rotatable bonds is 5. The number of carboxylic acids is 1. The number of benzene rings is 1. The van der Waals surface area contributed by atoms with Crippen LogP contribution in [0.1, 0.15) is 29.6 Å². The molecule has 2 rings (SSSR count). The lowest BCUT2D eigenvalue weighted by Crippen LogP contribution is -2.53. The minimum atomic E-state index is -0.933. The van der Waals surface area contributed by atoms with Crippen LogP contribution < -0.4 is 10.1 Å². The number of carbonyl (C=O) groups is 2. The van der Waals surface area contributed by atoms with Crippen molar-refractivity contribution in [2.24, 2.45) is 0 Å². The van der Waals surface area contributed by atoms with E-state index >= 15 is 0 Å². The van der Waals surface area contributed by atoms with Gasteiger partial charge in [0.15, 0.2) is 0 Å². The number of hydrogen-bond donors (Lipinski definition) is 2. The molecule has 6 nitrogen and oxygen atoms in total. The second-order valence-corrected chi connectivity index (χ2v) is 5.12. The molecule has 0 spiro atoms. The Morgan fingerprint density at radius 3 is 2.62 bits per heavy atom. The zero-order valence-corrected chi connectivity index (χ0v) is 11.9. The second kappa shape index (κ2) is 6.58. The van der Waals surface area contributed by atoms with Crippen LogP contribution in [0.4, 0.5) is 0 Å². The van der Waals surface area contributed by atoms with E-state index in [2.05, 4.69) is 5.32 Å². The van der Waals surface area contributed by atoms with Gasteiger partial charge in [0.05, 0.1) is 24.6 Å². The minimum Gasteiger partial charge on any atom is -0.496 e. The number of ether oxygens (including phenoxy) is 2. The number of amides is 1. The van der Waals surface area contributed by atoms with Crippen molar-refractivity contribution in [2.45, 2.75) is 24.8 Å². The number of aliphatic carboxylic acids is 1. The summed E-state index contributed by atoms with van der Waals surface area (Å²) in [5.74, 6) is -0.791. The molecule has 0 bridgehead atoms. The van der Waals surface area contributed by atoms with Gasteiger partial charge in [-0.3, -0.25) is 9.59 Å². The summed E-state index contributed by atoms with van der Waals surface area (Å²) in [6.07, 6.45) is 0.859. The quantitative estimate of drug-likeness (QED) is 0.858. The van der Waals surface area contributed by atoms with Crippen LogP contribution in [0, 0.1) is 0 Å². The maximum Gasteiger partial charge on any atom is 0.305 e. The zero-order valence-electron chi connectivity index (χ0n) is 11.9. The normalized spacial score (nSPS) is 17.0. The van der Waals surface area contributed by atoms with Crippen molar-refractivity contribution in [1.29, 1.82) is 0 Å². The smallest absolute Gasteiger partial charge is 0.305 e. The number of methoxy groups -OCH3 is 1. The summed E-state index contributed by atoms with van der Waals surface area (Å²) in [6, 6.07) is 6.87. The van der Waals surface area contributed by atoms with Gasteiger partial charge in [-0.05, 0) is 25.0 Å². The van der Waals surface area contributed by atoms with Gasteiger partial charge >= 0.3 is 5.97 Å². The second-order valence-electron chi connectivity index (χ2n) is 5.12.